The second-order valence-corrected chi connectivity index (χ2v) is 5.74. The lowest BCUT2D eigenvalue weighted by Gasteiger charge is -2.33. The van der Waals surface area contributed by atoms with E-state index in [2.05, 4.69) is 10.2 Å². The third-order valence-electron chi connectivity index (χ3n) is 3.53. The summed E-state index contributed by atoms with van der Waals surface area (Å²) in [5.41, 5.74) is -0.412. The van der Waals surface area contributed by atoms with Gasteiger partial charge in [-0.05, 0) is 26.7 Å². The highest BCUT2D eigenvalue weighted by atomic mass is 16.6. The highest BCUT2D eigenvalue weighted by Crippen LogP contribution is 2.22. The monoisotopic (exact) mass is 320 g/mol. The maximum atomic E-state index is 11.7. The van der Waals surface area contributed by atoms with Crippen LogP contribution in [-0.4, -0.2) is 58.7 Å². The lowest BCUT2D eigenvalue weighted by molar-refractivity contribution is -0.127. The van der Waals surface area contributed by atoms with Gasteiger partial charge in [-0.2, -0.15) is 0 Å². The molecule has 0 radical (unpaired) electrons. The van der Waals surface area contributed by atoms with E-state index in [0.29, 0.717) is 39.4 Å². The van der Waals surface area contributed by atoms with Crippen LogP contribution in [0.5, 0.6) is 0 Å². The number of hydrogen-bond acceptors (Lipinski definition) is 6. The molecule has 7 heteroatoms. The molecule has 0 aromatic rings. The molecule has 0 saturated carbocycles. The number of hydrogen-bond donors (Lipinski definition) is 2. The van der Waals surface area contributed by atoms with Crippen LogP contribution >= 0.6 is 0 Å². The first kappa shape index (κ1) is 21.3. The first-order valence-electron chi connectivity index (χ1n) is 7.68. The van der Waals surface area contributed by atoms with Crippen LogP contribution in [0.1, 0.15) is 33.1 Å². The Balaban J connectivity index is 3.92. The molecule has 1 amide bonds. The molecule has 0 rings (SSSR count). The average Bonchev–Trinajstić information content (AvgIpc) is 2.46. The quantitative estimate of drug-likeness (QED) is 0.364. The molecule has 0 unspecified atom stereocenters. The second-order valence-electron chi connectivity index (χ2n) is 5.74. The minimum Gasteiger partial charge on any atom is -0.384 e. The van der Waals surface area contributed by atoms with Gasteiger partial charge in [0.1, 0.15) is 0 Å². The Hall–Kier alpha value is -0.730. The van der Waals surface area contributed by atoms with Gasteiger partial charge in [0, 0.05) is 33.1 Å². The lowest BCUT2D eigenvalue weighted by Crippen LogP contribution is -2.40. The van der Waals surface area contributed by atoms with Gasteiger partial charge in [0.15, 0.2) is 0 Å². The normalized spacial score (nSPS) is 11.9. The minimum absolute atomic E-state index is 0.0144. The van der Waals surface area contributed by atoms with Crippen LogP contribution in [0.4, 0.5) is 0 Å². The van der Waals surface area contributed by atoms with Crippen molar-refractivity contribution in [2.24, 2.45) is 11.8 Å². The van der Waals surface area contributed by atoms with E-state index in [9.17, 15) is 4.79 Å². The van der Waals surface area contributed by atoms with Crippen LogP contribution < -0.4 is 11.2 Å². The van der Waals surface area contributed by atoms with Crippen molar-refractivity contribution in [2.45, 2.75) is 38.7 Å². The number of nitrogens with one attached hydrogen (secondary N) is 1. The van der Waals surface area contributed by atoms with Crippen molar-refractivity contribution in [2.75, 3.05) is 47.2 Å². The summed E-state index contributed by atoms with van der Waals surface area (Å²) in [5, 5.41) is 2.84. The number of ether oxygens (including phenoxy) is 3. The Labute approximate surface area is 133 Å². The van der Waals surface area contributed by atoms with Gasteiger partial charge in [0.2, 0.25) is 5.91 Å². The summed E-state index contributed by atoms with van der Waals surface area (Å²) in [6.45, 7) is 6.58. The van der Waals surface area contributed by atoms with Crippen LogP contribution in [0.15, 0.2) is 0 Å². The van der Waals surface area contributed by atoms with Gasteiger partial charge >= 0.3 is 0 Å². The molecule has 0 atom stereocenters. The summed E-state index contributed by atoms with van der Waals surface area (Å²) < 4.78 is 16.2. The smallest absolute Gasteiger partial charge is 0.222 e. The van der Waals surface area contributed by atoms with Gasteiger partial charge in [-0.25, -0.2) is 5.90 Å². The van der Waals surface area contributed by atoms with Crippen LogP contribution in [0.3, 0.4) is 0 Å². The Kier molecular flexibility index (Phi) is 12.4. The van der Waals surface area contributed by atoms with Crippen molar-refractivity contribution in [3.63, 3.8) is 0 Å². The van der Waals surface area contributed by atoms with Crippen molar-refractivity contribution in [1.29, 1.82) is 0 Å². The number of rotatable bonds is 14. The molecular formula is C15H32N2O5. The highest BCUT2D eigenvalue weighted by molar-refractivity contribution is 5.75. The second kappa shape index (κ2) is 12.8. The largest absolute Gasteiger partial charge is 0.384 e. The molecule has 0 heterocycles. The van der Waals surface area contributed by atoms with Crippen LogP contribution in [0.2, 0.25) is 0 Å². The van der Waals surface area contributed by atoms with Crippen molar-refractivity contribution in [3.05, 3.63) is 0 Å². The van der Waals surface area contributed by atoms with Crippen LogP contribution in [0, 0.1) is 5.92 Å². The number of unbranched alkanes of at least 4 members (excludes halogenated alkanes) is 1. The molecular weight excluding hydrogens is 288 g/mol. The molecule has 0 bridgehead atoms. The van der Waals surface area contributed by atoms with E-state index in [-0.39, 0.29) is 11.8 Å². The molecule has 0 aliphatic rings. The number of nitrogens with two attached hydrogens (primary N) is 1. The molecule has 0 aliphatic heterocycles. The Bertz CT molecular complexity index is 281. The van der Waals surface area contributed by atoms with Gasteiger partial charge < -0.3 is 24.4 Å². The van der Waals surface area contributed by atoms with Gasteiger partial charge in [-0.1, -0.05) is 0 Å². The van der Waals surface area contributed by atoms with Crippen molar-refractivity contribution >= 4 is 5.91 Å². The summed E-state index contributed by atoms with van der Waals surface area (Å²) in [6, 6.07) is 0. The molecule has 0 aromatic carbocycles. The summed E-state index contributed by atoms with van der Waals surface area (Å²) >= 11 is 0. The molecule has 0 aromatic heterocycles. The fraction of sp³-hybridized carbons (Fsp3) is 0.933. The third kappa shape index (κ3) is 10.1. The first-order chi connectivity index (χ1) is 10.5. The molecule has 22 heavy (non-hydrogen) atoms. The zero-order chi connectivity index (χ0) is 16.8. The molecule has 0 spiro atoms. The van der Waals surface area contributed by atoms with Crippen molar-refractivity contribution in [3.8, 4) is 0 Å². The van der Waals surface area contributed by atoms with E-state index in [4.69, 9.17) is 20.1 Å². The van der Waals surface area contributed by atoms with Crippen LogP contribution in [0.25, 0.3) is 0 Å². The van der Waals surface area contributed by atoms with Gasteiger partial charge in [-0.15, -0.1) is 0 Å². The molecule has 3 N–H and O–H groups in total. The molecule has 0 saturated heterocycles. The Morgan fingerprint density at radius 2 is 1.77 bits per heavy atom. The molecule has 7 nitrogen and oxygen atoms in total. The van der Waals surface area contributed by atoms with Gasteiger partial charge in [0.05, 0.1) is 32.0 Å². The lowest BCUT2D eigenvalue weighted by atomic mass is 9.92. The maximum absolute atomic E-state index is 11.7. The maximum Gasteiger partial charge on any atom is 0.222 e. The Morgan fingerprint density at radius 3 is 2.32 bits per heavy atom. The van der Waals surface area contributed by atoms with E-state index in [0.717, 1.165) is 12.8 Å². The SMILES string of the molecule is COCC(COC)C(C)(C)OCCC(=O)NCCCCON. The average molecular weight is 320 g/mol. The van der Waals surface area contributed by atoms with E-state index >= 15 is 0 Å². The predicted molar refractivity (Wildman–Crippen MR) is 84.3 cm³/mol. The van der Waals surface area contributed by atoms with Crippen molar-refractivity contribution in [1.82, 2.24) is 5.32 Å². The summed E-state index contributed by atoms with van der Waals surface area (Å²) in [4.78, 5) is 16.1. The minimum atomic E-state index is -0.412. The summed E-state index contributed by atoms with van der Waals surface area (Å²) in [6.07, 6.45) is 2.01. The van der Waals surface area contributed by atoms with Crippen LogP contribution in [-0.2, 0) is 23.8 Å². The van der Waals surface area contributed by atoms with Gasteiger partial charge in [-0.3, -0.25) is 4.79 Å². The standard InChI is InChI=1S/C15H32N2O5/c1-15(2,13(11-19-3)12-20-4)21-10-7-14(18)17-8-5-6-9-22-16/h13H,5-12,16H2,1-4H3,(H,17,18). The zero-order valence-electron chi connectivity index (χ0n) is 14.4. The highest BCUT2D eigenvalue weighted by Gasteiger charge is 2.30. The third-order valence-corrected chi connectivity index (χ3v) is 3.53. The van der Waals surface area contributed by atoms with E-state index < -0.39 is 5.60 Å². The predicted octanol–water partition coefficient (Wildman–Crippen LogP) is 0.867. The number of methoxy groups -OCH3 is 2. The number of carbonyl (C=O) groups is 1. The van der Waals surface area contributed by atoms with E-state index in [1.54, 1.807) is 14.2 Å². The van der Waals surface area contributed by atoms with E-state index in [1.807, 2.05) is 13.8 Å². The molecule has 0 fully saturated rings. The fourth-order valence-corrected chi connectivity index (χ4v) is 2.00. The Morgan fingerprint density at radius 1 is 1.14 bits per heavy atom. The zero-order valence-corrected chi connectivity index (χ0v) is 14.4. The number of carbonyl (C=O) groups excluding carboxylic acids is 1. The first-order valence-corrected chi connectivity index (χ1v) is 7.68. The van der Waals surface area contributed by atoms with E-state index in [1.165, 1.54) is 0 Å². The molecule has 0 aliphatic carbocycles. The number of amides is 1. The van der Waals surface area contributed by atoms with Gasteiger partial charge in [0.25, 0.3) is 0 Å². The topological polar surface area (TPSA) is 92.0 Å². The van der Waals surface area contributed by atoms with Crippen molar-refractivity contribution < 1.29 is 23.8 Å². The summed E-state index contributed by atoms with van der Waals surface area (Å²) in [7, 11) is 3.31. The summed E-state index contributed by atoms with van der Waals surface area (Å²) in [5.74, 6) is 5.02. The fourth-order valence-electron chi connectivity index (χ4n) is 2.00. The molecule has 132 valence electrons.